The third kappa shape index (κ3) is 11.3. The lowest BCUT2D eigenvalue weighted by Gasteiger charge is -2.36. The summed E-state index contributed by atoms with van der Waals surface area (Å²) in [6.07, 6.45) is 3.09. The van der Waals surface area contributed by atoms with E-state index in [0.717, 1.165) is 22.3 Å². The molecule has 5 nitrogen and oxygen atoms in total. The Morgan fingerprint density at radius 1 is 0.545 bits per heavy atom. The highest BCUT2D eigenvalue weighted by molar-refractivity contribution is 5.17. The van der Waals surface area contributed by atoms with Crippen molar-refractivity contribution in [3.05, 3.63) is 168 Å². The van der Waals surface area contributed by atoms with E-state index < -0.39 is 24.4 Å². The minimum absolute atomic E-state index is 0.353. The van der Waals surface area contributed by atoms with Gasteiger partial charge in [-0.2, -0.15) is 0 Å². The lowest BCUT2D eigenvalue weighted by atomic mass is 10.0. The van der Waals surface area contributed by atoms with Crippen LogP contribution in [0.25, 0.3) is 0 Å². The van der Waals surface area contributed by atoms with Gasteiger partial charge in [-0.25, -0.2) is 0 Å². The molecule has 1 N–H and O–H groups in total. The SMILES string of the molecule is C=CC[C@@H](O)/C=C/[C@@H](OCc1ccccc1)[C@H](OCc1ccccc1)[C@@H](OCc1ccccc1)[C@H](C)OCc1ccccc1. The second-order valence-corrected chi connectivity index (χ2v) is 10.8. The molecule has 4 rings (SSSR count). The molecular formula is C39H44O5. The van der Waals surface area contributed by atoms with Gasteiger partial charge in [0, 0.05) is 0 Å². The molecule has 0 aliphatic heterocycles. The molecule has 4 aromatic carbocycles. The molecule has 4 aromatic rings. The van der Waals surface area contributed by atoms with Crippen LogP contribution in [0.15, 0.2) is 146 Å². The van der Waals surface area contributed by atoms with Gasteiger partial charge in [0.25, 0.3) is 0 Å². The van der Waals surface area contributed by atoms with Crippen LogP contribution < -0.4 is 0 Å². The molecule has 44 heavy (non-hydrogen) atoms. The van der Waals surface area contributed by atoms with Gasteiger partial charge in [-0.3, -0.25) is 0 Å². The predicted molar refractivity (Wildman–Crippen MR) is 176 cm³/mol. The number of aliphatic hydroxyl groups is 1. The van der Waals surface area contributed by atoms with Crippen molar-refractivity contribution in [2.24, 2.45) is 0 Å². The van der Waals surface area contributed by atoms with Crippen LogP contribution in [0.1, 0.15) is 35.6 Å². The molecule has 5 heteroatoms. The third-order valence-corrected chi connectivity index (χ3v) is 7.25. The Bertz CT molecular complexity index is 1340. The van der Waals surface area contributed by atoms with Gasteiger partial charge >= 0.3 is 0 Å². The largest absolute Gasteiger partial charge is 0.389 e. The molecule has 0 aromatic heterocycles. The third-order valence-electron chi connectivity index (χ3n) is 7.25. The second-order valence-electron chi connectivity index (χ2n) is 10.8. The van der Waals surface area contributed by atoms with Crippen LogP contribution in [0, 0.1) is 0 Å². The fraction of sp³-hybridized carbons (Fsp3) is 0.282. The molecule has 0 aliphatic carbocycles. The molecular weight excluding hydrogens is 548 g/mol. The second kappa shape index (κ2) is 18.7. The van der Waals surface area contributed by atoms with Gasteiger partial charge in [-0.15, -0.1) is 6.58 Å². The zero-order valence-electron chi connectivity index (χ0n) is 25.5. The molecule has 0 heterocycles. The Labute approximate surface area is 262 Å². The average Bonchev–Trinajstić information content (AvgIpc) is 3.07. The van der Waals surface area contributed by atoms with E-state index in [1.165, 1.54) is 0 Å². The normalized spacial score (nSPS) is 15.0. The van der Waals surface area contributed by atoms with Crippen molar-refractivity contribution in [3.8, 4) is 0 Å². The van der Waals surface area contributed by atoms with Crippen molar-refractivity contribution in [2.75, 3.05) is 0 Å². The van der Waals surface area contributed by atoms with Crippen LogP contribution in [0.4, 0.5) is 0 Å². The summed E-state index contributed by atoms with van der Waals surface area (Å²) in [4.78, 5) is 0. The minimum Gasteiger partial charge on any atom is -0.389 e. The predicted octanol–water partition coefficient (Wildman–Crippen LogP) is 7.84. The molecule has 0 spiro atoms. The molecule has 0 saturated heterocycles. The van der Waals surface area contributed by atoms with Crippen LogP contribution in [0.2, 0.25) is 0 Å². The maximum absolute atomic E-state index is 10.6. The standard InChI is InChI=1S/C39H44O5/c1-3-16-36(40)25-26-37(42-28-33-19-10-5-11-20-33)39(44-30-35-23-14-7-15-24-35)38(43-29-34-21-12-6-13-22-34)31(2)41-27-32-17-8-4-9-18-32/h3-15,17-26,31,36-40H,1,16,27-30H2,2H3/b26-25+/t31-,36+,37+,38-,39-/m0/s1. The van der Waals surface area contributed by atoms with E-state index in [1.807, 2.05) is 134 Å². The van der Waals surface area contributed by atoms with Crippen LogP contribution in [-0.4, -0.2) is 35.6 Å². The van der Waals surface area contributed by atoms with E-state index in [4.69, 9.17) is 18.9 Å². The van der Waals surface area contributed by atoms with E-state index in [2.05, 4.69) is 6.58 Å². The van der Waals surface area contributed by atoms with Gasteiger partial charge in [0.05, 0.1) is 38.6 Å². The molecule has 5 atom stereocenters. The Morgan fingerprint density at radius 2 is 0.932 bits per heavy atom. The number of ether oxygens (including phenoxy) is 4. The molecule has 230 valence electrons. The van der Waals surface area contributed by atoms with E-state index in [9.17, 15) is 5.11 Å². The smallest absolute Gasteiger partial charge is 0.116 e. The van der Waals surface area contributed by atoms with Crippen molar-refractivity contribution in [1.82, 2.24) is 0 Å². The number of benzene rings is 4. The van der Waals surface area contributed by atoms with Crippen molar-refractivity contribution in [3.63, 3.8) is 0 Å². The first-order valence-corrected chi connectivity index (χ1v) is 15.2. The van der Waals surface area contributed by atoms with Gasteiger partial charge < -0.3 is 24.1 Å². The summed E-state index contributed by atoms with van der Waals surface area (Å²) in [6, 6.07) is 40.3. The molecule has 0 fully saturated rings. The molecule has 0 saturated carbocycles. The van der Waals surface area contributed by atoms with Gasteiger partial charge in [0.1, 0.15) is 18.3 Å². The molecule has 0 radical (unpaired) electrons. The highest BCUT2D eigenvalue weighted by Crippen LogP contribution is 2.24. The lowest BCUT2D eigenvalue weighted by Crippen LogP contribution is -2.48. The first-order chi connectivity index (χ1) is 21.6. The summed E-state index contributed by atoms with van der Waals surface area (Å²) in [7, 11) is 0. The first-order valence-electron chi connectivity index (χ1n) is 15.2. The van der Waals surface area contributed by atoms with Crippen molar-refractivity contribution in [1.29, 1.82) is 0 Å². The Kier molecular flexibility index (Phi) is 14.1. The monoisotopic (exact) mass is 592 g/mol. The summed E-state index contributed by atoms with van der Waals surface area (Å²) in [5, 5.41) is 10.6. The van der Waals surface area contributed by atoms with Gasteiger partial charge in [-0.05, 0) is 35.6 Å². The van der Waals surface area contributed by atoms with E-state index in [1.54, 1.807) is 12.2 Å². The van der Waals surface area contributed by atoms with Gasteiger partial charge in [-0.1, -0.05) is 140 Å². The number of hydrogen-bond acceptors (Lipinski definition) is 5. The summed E-state index contributed by atoms with van der Waals surface area (Å²) >= 11 is 0. The lowest BCUT2D eigenvalue weighted by molar-refractivity contribution is -0.178. The molecule has 0 unspecified atom stereocenters. The van der Waals surface area contributed by atoms with Crippen LogP contribution in [0.3, 0.4) is 0 Å². The summed E-state index contributed by atoms with van der Waals surface area (Å²) in [5.74, 6) is 0. The van der Waals surface area contributed by atoms with Crippen LogP contribution >= 0.6 is 0 Å². The number of hydrogen-bond donors (Lipinski definition) is 1. The van der Waals surface area contributed by atoms with Gasteiger partial charge in [0.2, 0.25) is 0 Å². The summed E-state index contributed by atoms with van der Waals surface area (Å²) in [6.45, 7) is 7.31. The zero-order valence-corrected chi connectivity index (χ0v) is 25.5. The highest BCUT2D eigenvalue weighted by Gasteiger charge is 2.36. The maximum atomic E-state index is 10.6. The zero-order chi connectivity index (χ0) is 30.8. The highest BCUT2D eigenvalue weighted by atomic mass is 16.6. The fourth-order valence-electron chi connectivity index (χ4n) is 4.82. The quantitative estimate of drug-likeness (QED) is 0.112. The van der Waals surface area contributed by atoms with Gasteiger partial charge in [0.15, 0.2) is 0 Å². The molecule has 0 bridgehead atoms. The molecule has 0 aliphatic rings. The van der Waals surface area contributed by atoms with E-state index in [0.29, 0.717) is 32.8 Å². The summed E-state index contributed by atoms with van der Waals surface area (Å²) < 4.78 is 26.4. The topological polar surface area (TPSA) is 57.2 Å². The summed E-state index contributed by atoms with van der Waals surface area (Å²) in [5.41, 5.74) is 4.20. The Hall–Kier alpha value is -3.84. The van der Waals surface area contributed by atoms with Crippen molar-refractivity contribution in [2.45, 2.75) is 70.3 Å². The number of rotatable bonds is 19. The Morgan fingerprint density at radius 3 is 1.36 bits per heavy atom. The van der Waals surface area contributed by atoms with Crippen LogP contribution in [0.5, 0.6) is 0 Å². The van der Waals surface area contributed by atoms with Crippen LogP contribution in [-0.2, 0) is 45.4 Å². The first kappa shape index (κ1) is 33.1. The molecule has 0 amide bonds. The van der Waals surface area contributed by atoms with E-state index >= 15 is 0 Å². The average molecular weight is 593 g/mol. The number of aliphatic hydroxyl groups excluding tert-OH is 1. The Balaban J connectivity index is 1.66. The fourth-order valence-corrected chi connectivity index (χ4v) is 4.82. The van der Waals surface area contributed by atoms with E-state index in [-0.39, 0.29) is 6.10 Å². The maximum Gasteiger partial charge on any atom is 0.116 e. The van der Waals surface area contributed by atoms with Crippen molar-refractivity contribution < 1.29 is 24.1 Å². The minimum atomic E-state index is -0.694. The van der Waals surface area contributed by atoms with Crippen molar-refractivity contribution >= 4 is 0 Å².